The second-order valence-corrected chi connectivity index (χ2v) is 3.33. The van der Waals surface area contributed by atoms with Gasteiger partial charge < -0.3 is 10.4 Å². The SMILES string of the molecule is CC(=O)NCC#Cc1cc(F)c(C(=O)O)c(F)c1. The van der Waals surface area contributed by atoms with Gasteiger partial charge >= 0.3 is 5.97 Å². The van der Waals surface area contributed by atoms with Crippen molar-refractivity contribution in [3.8, 4) is 11.8 Å². The fourth-order valence-electron chi connectivity index (χ4n) is 1.16. The van der Waals surface area contributed by atoms with E-state index in [1.54, 1.807) is 0 Å². The third-order valence-corrected chi connectivity index (χ3v) is 1.91. The van der Waals surface area contributed by atoms with Crippen LogP contribution in [0, 0.1) is 23.5 Å². The van der Waals surface area contributed by atoms with Crippen LogP contribution in [0.25, 0.3) is 0 Å². The molecule has 6 heteroatoms. The minimum atomic E-state index is -1.68. The molecule has 0 aliphatic carbocycles. The highest BCUT2D eigenvalue weighted by molar-refractivity contribution is 5.88. The van der Waals surface area contributed by atoms with Gasteiger partial charge in [0, 0.05) is 12.5 Å². The molecule has 0 fully saturated rings. The molecular formula is C12H9F2NO3. The number of carboxylic acids is 1. The number of aromatic carboxylic acids is 1. The maximum Gasteiger partial charge on any atom is 0.341 e. The number of benzene rings is 1. The number of hydrogen-bond acceptors (Lipinski definition) is 2. The average molecular weight is 253 g/mol. The van der Waals surface area contributed by atoms with E-state index in [1.807, 2.05) is 0 Å². The quantitative estimate of drug-likeness (QED) is 0.777. The molecule has 0 saturated carbocycles. The number of nitrogens with one attached hydrogen (secondary N) is 1. The fraction of sp³-hybridized carbons (Fsp3) is 0.167. The molecule has 2 N–H and O–H groups in total. The van der Waals surface area contributed by atoms with Crippen LogP contribution in [-0.4, -0.2) is 23.5 Å². The Morgan fingerprint density at radius 2 is 1.89 bits per heavy atom. The highest BCUT2D eigenvalue weighted by Crippen LogP contribution is 2.14. The number of carboxylic acid groups (broad SMARTS) is 1. The Hall–Kier alpha value is -2.42. The number of halogens is 2. The van der Waals surface area contributed by atoms with Gasteiger partial charge in [-0.3, -0.25) is 4.79 Å². The van der Waals surface area contributed by atoms with E-state index in [9.17, 15) is 18.4 Å². The molecule has 0 saturated heterocycles. The van der Waals surface area contributed by atoms with Crippen molar-refractivity contribution in [2.45, 2.75) is 6.92 Å². The van der Waals surface area contributed by atoms with Crippen LogP contribution in [0.5, 0.6) is 0 Å². The van der Waals surface area contributed by atoms with E-state index >= 15 is 0 Å². The van der Waals surface area contributed by atoms with Crippen LogP contribution < -0.4 is 5.32 Å². The van der Waals surface area contributed by atoms with Crippen LogP contribution in [0.3, 0.4) is 0 Å². The summed E-state index contributed by atoms with van der Waals surface area (Å²) in [5.74, 6) is 0.553. The summed E-state index contributed by atoms with van der Waals surface area (Å²) < 4.78 is 26.5. The second-order valence-electron chi connectivity index (χ2n) is 3.33. The molecule has 0 aliphatic heterocycles. The topological polar surface area (TPSA) is 66.4 Å². The summed E-state index contributed by atoms with van der Waals surface area (Å²) in [5, 5.41) is 10.9. The molecule has 0 aliphatic rings. The van der Waals surface area contributed by atoms with E-state index in [4.69, 9.17) is 5.11 Å². The highest BCUT2D eigenvalue weighted by atomic mass is 19.1. The lowest BCUT2D eigenvalue weighted by atomic mass is 10.1. The van der Waals surface area contributed by atoms with E-state index in [1.165, 1.54) is 6.92 Å². The maximum absolute atomic E-state index is 13.2. The van der Waals surface area contributed by atoms with E-state index in [-0.39, 0.29) is 18.0 Å². The van der Waals surface area contributed by atoms with Crippen LogP contribution in [0.1, 0.15) is 22.8 Å². The van der Waals surface area contributed by atoms with Gasteiger partial charge in [0.2, 0.25) is 5.91 Å². The average Bonchev–Trinajstić information content (AvgIpc) is 2.22. The highest BCUT2D eigenvalue weighted by Gasteiger charge is 2.16. The number of carbonyl (C=O) groups is 2. The van der Waals surface area contributed by atoms with E-state index in [0.717, 1.165) is 12.1 Å². The molecule has 0 aromatic heterocycles. The normalized spacial score (nSPS) is 9.28. The second kappa shape index (κ2) is 5.77. The van der Waals surface area contributed by atoms with Gasteiger partial charge in [-0.05, 0) is 12.1 Å². The molecule has 0 radical (unpaired) electrons. The van der Waals surface area contributed by atoms with Crippen LogP contribution in [0.15, 0.2) is 12.1 Å². The van der Waals surface area contributed by atoms with Crippen molar-refractivity contribution in [2.75, 3.05) is 6.54 Å². The zero-order chi connectivity index (χ0) is 13.7. The van der Waals surface area contributed by atoms with E-state index in [0.29, 0.717) is 0 Å². The van der Waals surface area contributed by atoms with Crippen LogP contribution in [0.2, 0.25) is 0 Å². The summed E-state index contributed by atoms with van der Waals surface area (Å²) in [4.78, 5) is 21.0. The monoisotopic (exact) mass is 253 g/mol. The predicted molar refractivity (Wildman–Crippen MR) is 58.9 cm³/mol. The van der Waals surface area contributed by atoms with Crippen molar-refractivity contribution < 1.29 is 23.5 Å². The molecule has 1 amide bonds. The summed E-state index contributed by atoms with van der Waals surface area (Å²) in [6.45, 7) is 1.35. The van der Waals surface area contributed by atoms with Gasteiger partial charge in [0.1, 0.15) is 17.2 Å². The zero-order valence-electron chi connectivity index (χ0n) is 9.38. The van der Waals surface area contributed by atoms with Crippen molar-refractivity contribution in [1.82, 2.24) is 5.32 Å². The fourth-order valence-corrected chi connectivity index (χ4v) is 1.16. The first kappa shape index (κ1) is 13.6. The summed E-state index contributed by atoms with van der Waals surface area (Å²) in [6.07, 6.45) is 0. The van der Waals surface area contributed by atoms with E-state index < -0.39 is 23.2 Å². The Morgan fingerprint density at radius 1 is 1.33 bits per heavy atom. The van der Waals surface area contributed by atoms with E-state index in [2.05, 4.69) is 17.2 Å². The Labute approximate surface area is 102 Å². The first-order valence-corrected chi connectivity index (χ1v) is 4.87. The lowest BCUT2D eigenvalue weighted by Gasteiger charge is -2.00. The standard InChI is InChI=1S/C12H9F2NO3/c1-7(16)15-4-2-3-8-5-9(13)11(12(17)18)10(14)6-8/h5-6H,4H2,1H3,(H,15,16)(H,17,18). The van der Waals surface area contributed by atoms with Crippen molar-refractivity contribution in [3.05, 3.63) is 34.9 Å². The zero-order valence-corrected chi connectivity index (χ0v) is 9.38. The van der Waals surface area contributed by atoms with Crippen LogP contribution in [-0.2, 0) is 4.79 Å². The third-order valence-electron chi connectivity index (χ3n) is 1.91. The van der Waals surface area contributed by atoms with Crippen molar-refractivity contribution in [3.63, 3.8) is 0 Å². The van der Waals surface area contributed by atoms with Gasteiger partial charge in [-0.15, -0.1) is 0 Å². The largest absolute Gasteiger partial charge is 0.477 e. The van der Waals surface area contributed by atoms with Crippen LogP contribution >= 0.6 is 0 Å². The maximum atomic E-state index is 13.2. The molecule has 18 heavy (non-hydrogen) atoms. The van der Waals surface area contributed by atoms with Gasteiger partial charge in [0.15, 0.2) is 0 Å². The number of amides is 1. The van der Waals surface area contributed by atoms with Gasteiger partial charge in [0.05, 0.1) is 6.54 Å². The van der Waals surface area contributed by atoms with Gasteiger partial charge in [-0.2, -0.15) is 0 Å². The molecule has 4 nitrogen and oxygen atoms in total. The molecular weight excluding hydrogens is 244 g/mol. The molecule has 0 spiro atoms. The first-order chi connectivity index (χ1) is 8.41. The molecule has 94 valence electrons. The van der Waals surface area contributed by atoms with Crippen LogP contribution in [0.4, 0.5) is 8.78 Å². The first-order valence-electron chi connectivity index (χ1n) is 4.87. The Morgan fingerprint density at radius 3 is 2.33 bits per heavy atom. The van der Waals surface area contributed by atoms with Gasteiger partial charge in [-0.1, -0.05) is 11.8 Å². The molecule has 0 atom stereocenters. The number of rotatable bonds is 2. The lowest BCUT2D eigenvalue weighted by Crippen LogP contribution is -2.19. The van der Waals surface area contributed by atoms with Gasteiger partial charge in [-0.25, -0.2) is 13.6 Å². The Balaban J connectivity index is 2.93. The number of hydrogen-bond donors (Lipinski definition) is 2. The molecule has 0 unspecified atom stereocenters. The number of carbonyl (C=O) groups excluding carboxylic acids is 1. The summed E-state index contributed by atoms with van der Waals surface area (Å²) in [7, 11) is 0. The predicted octanol–water partition coefficient (Wildman–Crippen LogP) is 1.15. The van der Waals surface area contributed by atoms with Crippen molar-refractivity contribution >= 4 is 11.9 Å². The smallest absolute Gasteiger partial charge is 0.341 e. The Bertz CT molecular complexity index is 535. The molecule has 0 bridgehead atoms. The van der Waals surface area contributed by atoms with Crippen molar-refractivity contribution in [2.24, 2.45) is 0 Å². The summed E-state index contributed by atoms with van der Waals surface area (Å²) >= 11 is 0. The lowest BCUT2D eigenvalue weighted by molar-refractivity contribution is -0.118. The summed E-state index contributed by atoms with van der Waals surface area (Å²) in [5.41, 5.74) is -1.01. The van der Waals surface area contributed by atoms with Crippen molar-refractivity contribution in [1.29, 1.82) is 0 Å². The minimum absolute atomic E-state index is 0.000326. The Kier molecular flexibility index (Phi) is 4.38. The molecule has 1 rings (SSSR count). The van der Waals surface area contributed by atoms with Gasteiger partial charge in [0.25, 0.3) is 0 Å². The summed E-state index contributed by atoms with van der Waals surface area (Å²) in [6, 6.07) is 1.65. The molecule has 1 aromatic carbocycles. The molecule has 0 heterocycles. The minimum Gasteiger partial charge on any atom is -0.477 e. The third kappa shape index (κ3) is 3.56. The molecule has 1 aromatic rings.